The first kappa shape index (κ1) is 11.1. The van der Waals surface area contributed by atoms with Gasteiger partial charge in [0.1, 0.15) is 5.82 Å². The molecule has 3 rings (SSSR count). The van der Waals surface area contributed by atoms with Gasteiger partial charge < -0.3 is 4.57 Å². The molecule has 0 radical (unpaired) electrons. The molecule has 17 heavy (non-hydrogen) atoms. The summed E-state index contributed by atoms with van der Waals surface area (Å²) in [5.74, 6) is 1.81. The van der Waals surface area contributed by atoms with Gasteiger partial charge in [-0.3, -0.25) is 0 Å². The molecule has 0 aromatic carbocycles. The second-order valence-electron chi connectivity index (χ2n) is 4.86. The largest absolute Gasteiger partial charge is 0.303 e. The zero-order valence-electron chi connectivity index (χ0n) is 9.96. The number of rotatable bonds is 5. The fourth-order valence-electron chi connectivity index (χ4n) is 1.99. The van der Waals surface area contributed by atoms with Gasteiger partial charge in [-0.25, -0.2) is 0 Å². The van der Waals surface area contributed by atoms with Crippen molar-refractivity contribution < 1.29 is 0 Å². The summed E-state index contributed by atoms with van der Waals surface area (Å²) in [7, 11) is 0. The third kappa shape index (κ3) is 2.19. The van der Waals surface area contributed by atoms with Gasteiger partial charge in [0.15, 0.2) is 5.16 Å². The summed E-state index contributed by atoms with van der Waals surface area (Å²) in [6.07, 6.45) is 5.86. The zero-order valence-corrected chi connectivity index (χ0v) is 10.8. The minimum Gasteiger partial charge on any atom is -0.303 e. The van der Waals surface area contributed by atoms with Gasteiger partial charge in [0.05, 0.1) is 11.3 Å². The molecule has 1 aromatic rings. The van der Waals surface area contributed by atoms with E-state index in [2.05, 4.69) is 20.8 Å². The van der Waals surface area contributed by atoms with E-state index in [0.29, 0.717) is 12.0 Å². The smallest absolute Gasteiger partial charge is 0.192 e. The number of thioether (sulfide) groups is 1. The van der Waals surface area contributed by atoms with Gasteiger partial charge in [0.25, 0.3) is 0 Å². The summed E-state index contributed by atoms with van der Waals surface area (Å²) < 4.78 is 2.31. The van der Waals surface area contributed by atoms with Crippen LogP contribution in [0, 0.1) is 11.3 Å². The highest BCUT2D eigenvalue weighted by Gasteiger charge is 2.36. The van der Waals surface area contributed by atoms with Gasteiger partial charge in [0, 0.05) is 12.0 Å². The number of hydrogen-bond acceptors (Lipinski definition) is 4. The van der Waals surface area contributed by atoms with Crippen molar-refractivity contribution in [1.82, 2.24) is 14.8 Å². The van der Waals surface area contributed by atoms with E-state index >= 15 is 0 Å². The van der Waals surface area contributed by atoms with Gasteiger partial charge in [-0.05, 0) is 32.1 Å². The maximum atomic E-state index is 9.03. The van der Waals surface area contributed by atoms with Crippen LogP contribution >= 0.6 is 11.8 Å². The van der Waals surface area contributed by atoms with Crippen LogP contribution in [0.3, 0.4) is 0 Å². The highest BCUT2D eigenvalue weighted by atomic mass is 32.2. The predicted molar refractivity (Wildman–Crippen MR) is 65.8 cm³/mol. The Bertz CT molecular complexity index is 454. The van der Waals surface area contributed by atoms with E-state index in [9.17, 15) is 0 Å². The van der Waals surface area contributed by atoms with Gasteiger partial charge in [0.2, 0.25) is 0 Å². The quantitative estimate of drug-likeness (QED) is 0.752. The van der Waals surface area contributed by atoms with Crippen LogP contribution in [0.1, 0.15) is 56.8 Å². The molecule has 0 N–H and O–H groups in total. The Kier molecular flexibility index (Phi) is 2.83. The fraction of sp³-hybridized carbons (Fsp3) is 0.750. The SMILES string of the molecule is CCC(C#N)Sc1nnc(C2CC2)n1C1CC1. The van der Waals surface area contributed by atoms with Crippen LogP contribution < -0.4 is 0 Å². The summed E-state index contributed by atoms with van der Waals surface area (Å²) >= 11 is 1.58. The number of nitrogens with zero attached hydrogens (tertiary/aromatic N) is 4. The molecule has 0 aliphatic heterocycles. The van der Waals surface area contributed by atoms with Crippen LogP contribution in [0.25, 0.3) is 0 Å². The van der Waals surface area contributed by atoms with Gasteiger partial charge in [-0.1, -0.05) is 18.7 Å². The average molecular weight is 248 g/mol. The molecule has 0 saturated heterocycles. The van der Waals surface area contributed by atoms with E-state index in [4.69, 9.17) is 5.26 Å². The lowest BCUT2D eigenvalue weighted by atomic mass is 10.4. The Morgan fingerprint density at radius 1 is 1.41 bits per heavy atom. The third-order valence-corrected chi connectivity index (χ3v) is 4.52. The first-order valence-electron chi connectivity index (χ1n) is 6.34. The normalized spacial score (nSPS) is 21.2. The molecule has 0 spiro atoms. The van der Waals surface area contributed by atoms with E-state index in [1.165, 1.54) is 31.5 Å². The van der Waals surface area contributed by atoms with E-state index in [0.717, 1.165) is 11.6 Å². The maximum Gasteiger partial charge on any atom is 0.192 e. The molecule has 2 aliphatic rings. The molecule has 2 aliphatic carbocycles. The Morgan fingerprint density at radius 2 is 2.18 bits per heavy atom. The molecule has 90 valence electrons. The van der Waals surface area contributed by atoms with E-state index in [1.54, 1.807) is 11.8 Å². The van der Waals surface area contributed by atoms with Crippen LogP contribution in [0.15, 0.2) is 5.16 Å². The third-order valence-electron chi connectivity index (χ3n) is 3.31. The number of aromatic nitrogens is 3. The summed E-state index contributed by atoms with van der Waals surface area (Å²) in [5.41, 5.74) is 0. The highest BCUT2D eigenvalue weighted by molar-refractivity contribution is 8.00. The number of hydrogen-bond donors (Lipinski definition) is 0. The van der Waals surface area contributed by atoms with Gasteiger partial charge in [-0.15, -0.1) is 10.2 Å². The second kappa shape index (κ2) is 4.34. The summed E-state index contributed by atoms with van der Waals surface area (Å²) in [5, 5.41) is 18.6. The molecule has 2 saturated carbocycles. The molecule has 1 atom stereocenters. The lowest BCUT2D eigenvalue weighted by Crippen LogP contribution is -2.04. The predicted octanol–water partition coefficient (Wildman–Crippen LogP) is 2.88. The molecular formula is C12H16N4S. The molecule has 0 amide bonds. The monoisotopic (exact) mass is 248 g/mol. The van der Waals surface area contributed by atoms with Gasteiger partial charge in [-0.2, -0.15) is 5.26 Å². The first-order chi connectivity index (χ1) is 8.33. The Morgan fingerprint density at radius 3 is 2.71 bits per heavy atom. The van der Waals surface area contributed by atoms with Crippen LogP contribution in [0.2, 0.25) is 0 Å². The molecule has 0 bridgehead atoms. The van der Waals surface area contributed by atoms with Crippen molar-refractivity contribution in [3.63, 3.8) is 0 Å². The molecule has 1 unspecified atom stereocenters. The Hall–Kier alpha value is -1.02. The lowest BCUT2D eigenvalue weighted by Gasteiger charge is -2.09. The zero-order chi connectivity index (χ0) is 11.8. The van der Waals surface area contributed by atoms with E-state index in [-0.39, 0.29) is 5.25 Å². The molecule has 4 nitrogen and oxygen atoms in total. The second-order valence-corrected chi connectivity index (χ2v) is 6.03. The molecule has 1 aromatic heterocycles. The summed E-state index contributed by atoms with van der Waals surface area (Å²) in [6.45, 7) is 2.04. The van der Waals surface area contributed by atoms with Crippen molar-refractivity contribution in [1.29, 1.82) is 5.26 Å². The summed E-state index contributed by atoms with van der Waals surface area (Å²) in [4.78, 5) is 0. The average Bonchev–Trinajstić information content (AvgIpc) is 3.24. The topological polar surface area (TPSA) is 54.5 Å². The van der Waals surface area contributed by atoms with Crippen molar-refractivity contribution in [2.24, 2.45) is 0 Å². The lowest BCUT2D eigenvalue weighted by molar-refractivity contribution is 0.626. The van der Waals surface area contributed by atoms with Crippen molar-refractivity contribution in [2.75, 3.05) is 0 Å². The van der Waals surface area contributed by atoms with Crippen LogP contribution in [0.4, 0.5) is 0 Å². The van der Waals surface area contributed by atoms with Crippen LogP contribution in [-0.4, -0.2) is 20.0 Å². The molecule has 5 heteroatoms. The first-order valence-corrected chi connectivity index (χ1v) is 7.22. The summed E-state index contributed by atoms with van der Waals surface area (Å²) in [6, 6.07) is 2.93. The molecule has 1 heterocycles. The molecule has 2 fully saturated rings. The van der Waals surface area contributed by atoms with E-state index < -0.39 is 0 Å². The standard InChI is InChI=1S/C12H16N4S/c1-2-10(7-13)17-12-15-14-11(8-3-4-8)16(12)9-5-6-9/h8-10H,2-6H2,1H3. The molecular weight excluding hydrogens is 232 g/mol. The van der Waals surface area contributed by atoms with Crippen molar-refractivity contribution in [3.8, 4) is 6.07 Å². The van der Waals surface area contributed by atoms with Crippen LogP contribution in [-0.2, 0) is 0 Å². The number of nitriles is 1. The highest BCUT2D eigenvalue weighted by Crippen LogP contribution is 2.46. The van der Waals surface area contributed by atoms with Crippen molar-refractivity contribution in [2.45, 2.75) is 61.4 Å². The van der Waals surface area contributed by atoms with Gasteiger partial charge >= 0.3 is 0 Å². The van der Waals surface area contributed by atoms with Crippen molar-refractivity contribution >= 4 is 11.8 Å². The minimum absolute atomic E-state index is 0.00348. The fourth-order valence-corrected chi connectivity index (χ4v) is 2.91. The van der Waals surface area contributed by atoms with E-state index in [1.807, 2.05) is 6.92 Å². The Labute approximate surface area is 105 Å². The van der Waals surface area contributed by atoms with Crippen molar-refractivity contribution in [3.05, 3.63) is 5.82 Å². The minimum atomic E-state index is 0.00348. The Balaban J connectivity index is 1.85. The maximum absolute atomic E-state index is 9.03. The van der Waals surface area contributed by atoms with Crippen LogP contribution in [0.5, 0.6) is 0 Å².